The summed E-state index contributed by atoms with van der Waals surface area (Å²) in [6.07, 6.45) is 8.08. The SMILES string of the molecule is c1ccc(-c2nc3ncccn3c2CN2CCC[C@H]2c2ccccn2)cc1. The predicted molar refractivity (Wildman–Crippen MR) is 105 cm³/mol. The van der Waals surface area contributed by atoms with Crippen molar-refractivity contribution in [2.75, 3.05) is 6.54 Å². The molecule has 0 radical (unpaired) electrons. The zero-order valence-corrected chi connectivity index (χ0v) is 15.1. The second-order valence-electron chi connectivity index (χ2n) is 6.95. The van der Waals surface area contributed by atoms with Crippen LogP contribution in [0, 0.1) is 0 Å². The Labute approximate surface area is 158 Å². The first kappa shape index (κ1) is 16.1. The van der Waals surface area contributed by atoms with E-state index < -0.39 is 0 Å². The summed E-state index contributed by atoms with van der Waals surface area (Å²) in [4.78, 5) is 16.4. The molecule has 1 fully saturated rings. The van der Waals surface area contributed by atoms with Crippen LogP contribution in [0.5, 0.6) is 0 Å². The largest absolute Gasteiger partial charge is 0.289 e. The fourth-order valence-electron chi connectivity index (χ4n) is 4.03. The summed E-state index contributed by atoms with van der Waals surface area (Å²) < 4.78 is 2.12. The van der Waals surface area contributed by atoms with Crippen molar-refractivity contribution in [1.29, 1.82) is 0 Å². The molecular formula is C22H21N5. The minimum Gasteiger partial charge on any atom is -0.289 e. The molecule has 5 rings (SSSR count). The van der Waals surface area contributed by atoms with E-state index in [4.69, 9.17) is 4.98 Å². The Balaban J connectivity index is 1.56. The molecule has 1 aliphatic rings. The molecule has 5 heteroatoms. The van der Waals surface area contributed by atoms with Gasteiger partial charge in [0.05, 0.1) is 23.1 Å². The number of imidazole rings is 1. The summed E-state index contributed by atoms with van der Waals surface area (Å²) in [7, 11) is 0. The lowest BCUT2D eigenvalue weighted by Crippen LogP contribution is -2.24. The summed E-state index contributed by atoms with van der Waals surface area (Å²) in [6, 6.07) is 18.9. The number of pyridine rings is 1. The van der Waals surface area contributed by atoms with Crippen molar-refractivity contribution in [2.45, 2.75) is 25.4 Å². The number of aromatic nitrogens is 4. The zero-order valence-electron chi connectivity index (χ0n) is 15.1. The molecule has 1 saturated heterocycles. The number of nitrogens with zero attached hydrogens (tertiary/aromatic N) is 5. The van der Waals surface area contributed by atoms with Crippen LogP contribution in [0.2, 0.25) is 0 Å². The van der Waals surface area contributed by atoms with Crippen molar-refractivity contribution >= 4 is 5.78 Å². The van der Waals surface area contributed by atoms with Crippen molar-refractivity contribution in [2.24, 2.45) is 0 Å². The van der Waals surface area contributed by atoms with Crippen LogP contribution in [-0.2, 0) is 6.54 Å². The molecule has 0 bridgehead atoms. The molecule has 134 valence electrons. The van der Waals surface area contributed by atoms with Crippen molar-refractivity contribution in [3.63, 3.8) is 0 Å². The highest BCUT2D eigenvalue weighted by molar-refractivity contribution is 5.65. The van der Waals surface area contributed by atoms with Gasteiger partial charge in [0, 0.05) is 30.7 Å². The van der Waals surface area contributed by atoms with Gasteiger partial charge in [-0.1, -0.05) is 36.4 Å². The Kier molecular flexibility index (Phi) is 4.14. The first-order chi connectivity index (χ1) is 13.4. The van der Waals surface area contributed by atoms with Gasteiger partial charge in [-0.2, -0.15) is 0 Å². The smallest absolute Gasteiger partial charge is 0.234 e. The third-order valence-corrected chi connectivity index (χ3v) is 5.30. The molecule has 4 aromatic rings. The lowest BCUT2D eigenvalue weighted by atomic mass is 10.1. The van der Waals surface area contributed by atoms with Crippen molar-refractivity contribution in [3.8, 4) is 11.3 Å². The highest BCUT2D eigenvalue weighted by atomic mass is 15.2. The van der Waals surface area contributed by atoms with E-state index in [2.05, 4.69) is 61.9 Å². The first-order valence-electron chi connectivity index (χ1n) is 9.42. The molecular weight excluding hydrogens is 334 g/mol. The maximum Gasteiger partial charge on any atom is 0.234 e. The molecule has 1 aliphatic heterocycles. The van der Waals surface area contributed by atoms with Gasteiger partial charge in [0.25, 0.3) is 0 Å². The molecule has 3 aromatic heterocycles. The highest BCUT2D eigenvalue weighted by Crippen LogP contribution is 2.34. The normalized spacial score (nSPS) is 17.6. The Morgan fingerprint density at radius 2 is 1.78 bits per heavy atom. The van der Waals surface area contributed by atoms with Crippen LogP contribution < -0.4 is 0 Å². The number of rotatable bonds is 4. The van der Waals surface area contributed by atoms with Crippen molar-refractivity contribution < 1.29 is 0 Å². The summed E-state index contributed by atoms with van der Waals surface area (Å²) in [5.41, 5.74) is 4.49. The van der Waals surface area contributed by atoms with Gasteiger partial charge in [-0.25, -0.2) is 9.97 Å². The zero-order chi connectivity index (χ0) is 18.1. The highest BCUT2D eigenvalue weighted by Gasteiger charge is 2.29. The molecule has 0 aliphatic carbocycles. The maximum atomic E-state index is 4.83. The minimum absolute atomic E-state index is 0.358. The van der Waals surface area contributed by atoms with Crippen molar-refractivity contribution in [1.82, 2.24) is 24.3 Å². The van der Waals surface area contributed by atoms with E-state index in [-0.39, 0.29) is 0 Å². The fraction of sp³-hybridized carbons (Fsp3) is 0.227. The van der Waals surface area contributed by atoms with E-state index in [0.717, 1.165) is 42.2 Å². The molecule has 1 aromatic carbocycles. The summed E-state index contributed by atoms with van der Waals surface area (Å²) >= 11 is 0. The average Bonchev–Trinajstić information content (AvgIpc) is 3.35. The molecule has 0 unspecified atom stereocenters. The van der Waals surface area contributed by atoms with Crippen LogP contribution in [0.3, 0.4) is 0 Å². The van der Waals surface area contributed by atoms with Gasteiger partial charge < -0.3 is 0 Å². The molecule has 0 spiro atoms. The van der Waals surface area contributed by atoms with Gasteiger partial charge in [-0.3, -0.25) is 14.3 Å². The van der Waals surface area contributed by atoms with Crippen LogP contribution in [0.1, 0.15) is 30.3 Å². The quantitative estimate of drug-likeness (QED) is 0.552. The van der Waals surface area contributed by atoms with E-state index >= 15 is 0 Å². The summed E-state index contributed by atoms with van der Waals surface area (Å²) in [5, 5.41) is 0. The van der Waals surface area contributed by atoms with Crippen LogP contribution in [0.4, 0.5) is 0 Å². The summed E-state index contributed by atoms with van der Waals surface area (Å²) in [6.45, 7) is 1.90. The second-order valence-corrected chi connectivity index (χ2v) is 6.95. The van der Waals surface area contributed by atoms with Crippen LogP contribution in [-0.4, -0.2) is 30.8 Å². The lowest BCUT2D eigenvalue weighted by molar-refractivity contribution is 0.241. The molecule has 1 atom stereocenters. The van der Waals surface area contributed by atoms with E-state index in [0.29, 0.717) is 6.04 Å². The lowest BCUT2D eigenvalue weighted by Gasteiger charge is -2.24. The number of benzene rings is 1. The van der Waals surface area contributed by atoms with Gasteiger partial charge >= 0.3 is 0 Å². The molecule has 5 nitrogen and oxygen atoms in total. The van der Waals surface area contributed by atoms with Gasteiger partial charge in [0.15, 0.2) is 0 Å². The third-order valence-electron chi connectivity index (χ3n) is 5.30. The van der Waals surface area contributed by atoms with Crippen LogP contribution in [0.25, 0.3) is 17.0 Å². The first-order valence-corrected chi connectivity index (χ1v) is 9.42. The predicted octanol–water partition coefficient (Wildman–Crippen LogP) is 4.13. The van der Waals surface area contributed by atoms with E-state index in [9.17, 15) is 0 Å². The van der Waals surface area contributed by atoms with Crippen molar-refractivity contribution in [3.05, 3.63) is 84.6 Å². The molecule has 27 heavy (non-hydrogen) atoms. The average molecular weight is 355 g/mol. The Bertz CT molecular complexity index is 1040. The topological polar surface area (TPSA) is 46.3 Å². The molecule has 0 N–H and O–H groups in total. The summed E-state index contributed by atoms with van der Waals surface area (Å²) in [5.74, 6) is 0.750. The van der Waals surface area contributed by atoms with Gasteiger partial charge in [0.2, 0.25) is 5.78 Å². The van der Waals surface area contributed by atoms with E-state index in [1.807, 2.05) is 24.4 Å². The second kappa shape index (κ2) is 6.93. The molecule has 4 heterocycles. The monoisotopic (exact) mass is 355 g/mol. The number of hydrogen-bond donors (Lipinski definition) is 0. The number of likely N-dealkylation sites (tertiary alicyclic amines) is 1. The van der Waals surface area contributed by atoms with Gasteiger partial charge in [-0.15, -0.1) is 0 Å². The number of fused-ring (bicyclic) bond motifs is 1. The Morgan fingerprint density at radius 3 is 2.63 bits per heavy atom. The van der Waals surface area contributed by atoms with E-state index in [1.165, 1.54) is 12.1 Å². The number of hydrogen-bond acceptors (Lipinski definition) is 4. The Hall–Kier alpha value is -3.05. The third kappa shape index (κ3) is 3.00. The standard InChI is InChI=1S/C22H21N5/c1-2-8-17(9-3-1)21-20(27-15-7-13-24-22(27)25-21)16-26-14-6-11-19(26)18-10-4-5-12-23-18/h1-5,7-10,12-13,15,19H,6,11,14,16H2/t19-/m0/s1. The minimum atomic E-state index is 0.358. The molecule has 0 saturated carbocycles. The van der Waals surface area contributed by atoms with E-state index in [1.54, 1.807) is 6.20 Å². The Morgan fingerprint density at radius 1 is 0.926 bits per heavy atom. The maximum absolute atomic E-state index is 4.83. The van der Waals surface area contributed by atoms with Crippen LogP contribution in [0.15, 0.2) is 73.2 Å². The van der Waals surface area contributed by atoms with Crippen LogP contribution >= 0.6 is 0 Å². The molecule has 0 amide bonds. The van der Waals surface area contributed by atoms with Gasteiger partial charge in [0.1, 0.15) is 0 Å². The fourth-order valence-corrected chi connectivity index (χ4v) is 4.03. The van der Waals surface area contributed by atoms with Gasteiger partial charge in [-0.05, 0) is 37.6 Å².